The van der Waals surface area contributed by atoms with E-state index >= 15 is 4.39 Å². The molecule has 2 fully saturated rings. The van der Waals surface area contributed by atoms with Gasteiger partial charge in [0.1, 0.15) is 11.4 Å². The highest BCUT2D eigenvalue weighted by Crippen LogP contribution is 2.54. The number of amides is 2. The fourth-order valence-electron chi connectivity index (χ4n) is 5.19. The Kier molecular flexibility index (Phi) is 11.0. The molecule has 4 heterocycles. The number of phosphoric ester groups is 1. The fourth-order valence-corrected chi connectivity index (χ4v) is 6.63. The van der Waals surface area contributed by atoms with Gasteiger partial charge >= 0.3 is 13.9 Å². The van der Waals surface area contributed by atoms with Crippen molar-refractivity contribution in [1.29, 1.82) is 5.26 Å². The molecule has 2 saturated heterocycles. The van der Waals surface area contributed by atoms with E-state index in [1.54, 1.807) is 19.9 Å². The van der Waals surface area contributed by atoms with Crippen molar-refractivity contribution < 1.29 is 36.8 Å². The normalized spacial score (nSPS) is 18.7. The number of anilines is 1. The van der Waals surface area contributed by atoms with E-state index < -0.39 is 31.4 Å². The number of aromatic nitrogens is 4. The number of urea groups is 1. The first-order valence-corrected chi connectivity index (χ1v) is 16.5. The molecule has 0 aliphatic carbocycles. The molecule has 248 valence electrons. The van der Waals surface area contributed by atoms with Crippen LogP contribution in [0, 0.1) is 17.1 Å². The summed E-state index contributed by atoms with van der Waals surface area (Å²) >= 11 is 0. The largest absolute Gasteiger partial charge is 0.475 e. The molecule has 0 bridgehead atoms. The number of ether oxygens (including phenoxy) is 2. The van der Waals surface area contributed by atoms with Gasteiger partial charge in [-0.2, -0.15) is 5.26 Å². The quantitative estimate of drug-likeness (QED) is 0.174. The van der Waals surface area contributed by atoms with E-state index in [2.05, 4.69) is 35.5 Å². The zero-order chi connectivity index (χ0) is 32.7. The van der Waals surface area contributed by atoms with Gasteiger partial charge in [0.05, 0.1) is 56.1 Å². The molecule has 2 amide bonds. The number of nitrogens with zero attached hydrogens (tertiary/aromatic N) is 5. The zero-order valence-corrected chi connectivity index (χ0v) is 26.9. The lowest BCUT2D eigenvalue weighted by atomic mass is 9.98. The lowest BCUT2D eigenvalue weighted by Crippen LogP contribution is -2.38. The number of benzene rings is 1. The molecular weight excluding hydrogens is 622 g/mol. The summed E-state index contributed by atoms with van der Waals surface area (Å²) in [7, 11) is -2.67. The number of H-pyrrole nitrogens is 1. The second-order valence-corrected chi connectivity index (χ2v) is 12.8. The van der Waals surface area contributed by atoms with E-state index in [1.165, 1.54) is 19.4 Å². The topological polar surface area (TPSA) is 186 Å². The van der Waals surface area contributed by atoms with Crippen molar-refractivity contribution in [2.24, 2.45) is 0 Å². The fraction of sp³-hybridized carbons (Fsp3) is 0.552. The number of hydrogen-bond donors (Lipinski definition) is 3. The Morgan fingerprint density at radius 3 is 2.65 bits per heavy atom. The highest BCUT2D eigenvalue weighted by Gasteiger charge is 2.38. The number of hydrogen-bond acceptors (Lipinski definition) is 12. The van der Waals surface area contributed by atoms with Crippen LogP contribution in [0.5, 0.6) is 0 Å². The van der Waals surface area contributed by atoms with Crippen LogP contribution in [0.15, 0.2) is 18.5 Å². The van der Waals surface area contributed by atoms with Gasteiger partial charge in [0.15, 0.2) is 5.82 Å². The Bertz CT molecular complexity index is 1600. The smallest absolute Gasteiger partial charge is 0.379 e. The summed E-state index contributed by atoms with van der Waals surface area (Å²) in [6.45, 7) is 6.82. The number of morpholine rings is 1. The molecule has 0 saturated carbocycles. The van der Waals surface area contributed by atoms with E-state index in [-0.39, 0.29) is 42.5 Å². The van der Waals surface area contributed by atoms with Crippen molar-refractivity contribution in [2.45, 2.75) is 44.8 Å². The molecule has 17 heteroatoms. The molecule has 5 rings (SSSR count). The molecule has 2 aliphatic heterocycles. The highest BCUT2D eigenvalue weighted by atomic mass is 31.2. The predicted molar refractivity (Wildman–Crippen MR) is 164 cm³/mol. The number of carbonyl (C=O) groups excluding carboxylic acids is 1. The van der Waals surface area contributed by atoms with E-state index in [0.29, 0.717) is 49.4 Å². The standard InChI is InChI=1S/C29H38FN8O7P/c1-29(2,45-46(40,43-12-5-7-31)44-15-10-38-8-13-41-14-9-38)26-33-17-19(18-34-26)20-16-21-25(36-27(35-21)37-28(39)32-3)23(24(20)30)22-6-4-11-42-22/h16-18,22H,4-6,8-15H2,1-3H3,(H3,32,35,36,37,39). The maximum Gasteiger partial charge on any atom is 0.475 e. The van der Waals surface area contributed by atoms with Crippen molar-refractivity contribution >= 4 is 30.8 Å². The SMILES string of the molecule is CNC(=O)Nc1nc2c(C3CCCO3)c(F)c(-c3cnc(C(C)(C)OP(=O)(OCCC#N)OCCN4CCOCC4)nc3)cc2[nH]1. The lowest BCUT2D eigenvalue weighted by molar-refractivity contribution is 0.00969. The van der Waals surface area contributed by atoms with Gasteiger partial charge in [0.2, 0.25) is 5.95 Å². The number of carbonyl (C=O) groups is 1. The van der Waals surface area contributed by atoms with Gasteiger partial charge in [-0.15, -0.1) is 0 Å². The third-order valence-electron chi connectivity index (χ3n) is 7.52. The second kappa shape index (κ2) is 14.9. The number of phosphoric acid groups is 1. The van der Waals surface area contributed by atoms with E-state index in [4.69, 9.17) is 28.3 Å². The van der Waals surface area contributed by atoms with Gasteiger partial charge in [0, 0.05) is 62.4 Å². The van der Waals surface area contributed by atoms with Crippen LogP contribution in [0.3, 0.4) is 0 Å². The van der Waals surface area contributed by atoms with Crippen molar-refractivity contribution in [3.05, 3.63) is 35.7 Å². The van der Waals surface area contributed by atoms with Gasteiger partial charge in [-0.05, 0) is 32.8 Å². The number of halogens is 1. The molecule has 1 aromatic carbocycles. The maximum absolute atomic E-state index is 16.2. The minimum atomic E-state index is -4.15. The zero-order valence-electron chi connectivity index (χ0n) is 26.0. The van der Waals surface area contributed by atoms with Crippen LogP contribution in [-0.2, 0) is 33.2 Å². The lowest BCUT2D eigenvalue weighted by Gasteiger charge is -2.30. The Labute approximate surface area is 265 Å². The first-order chi connectivity index (χ1) is 22.1. The van der Waals surface area contributed by atoms with Crippen LogP contribution in [0.4, 0.5) is 15.1 Å². The van der Waals surface area contributed by atoms with Crippen molar-refractivity contribution in [3.8, 4) is 17.2 Å². The summed E-state index contributed by atoms with van der Waals surface area (Å²) in [6.07, 6.45) is 3.76. The number of aromatic amines is 1. The van der Waals surface area contributed by atoms with Gasteiger partial charge in [-0.25, -0.2) is 28.7 Å². The summed E-state index contributed by atoms with van der Waals surface area (Å²) in [6, 6.07) is 3.04. The summed E-state index contributed by atoms with van der Waals surface area (Å²) in [5.41, 5.74) is 0.343. The minimum absolute atomic E-state index is 0.00468. The molecule has 0 radical (unpaired) electrons. The third-order valence-corrected chi connectivity index (χ3v) is 9.20. The van der Waals surface area contributed by atoms with Crippen molar-refractivity contribution in [2.75, 3.05) is 65.0 Å². The summed E-state index contributed by atoms with van der Waals surface area (Å²) < 4.78 is 58.0. The summed E-state index contributed by atoms with van der Waals surface area (Å²) in [5, 5.41) is 14.0. The molecule has 15 nitrogen and oxygen atoms in total. The molecule has 2 aliphatic rings. The number of imidazole rings is 1. The van der Waals surface area contributed by atoms with Crippen molar-refractivity contribution in [1.82, 2.24) is 30.2 Å². The average Bonchev–Trinajstić information content (AvgIpc) is 3.71. The summed E-state index contributed by atoms with van der Waals surface area (Å²) in [5.74, 6) is -0.228. The number of nitrogens with one attached hydrogen (secondary N) is 3. The first-order valence-electron chi connectivity index (χ1n) is 15.0. The molecule has 2 atom stereocenters. The maximum atomic E-state index is 16.2. The predicted octanol–water partition coefficient (Wildman–Crippen LogP) is 4.40. The third kappa shape index (κ3) is 8.05. The Hall–Kier alpha value is -3.55. The van der Waals surface area contributed by atoms with E-state index in [1.807, 2.05) is 6.07 Å². The number of fused-ring (bicyclic) bond motifs is 1. The Morgan fingerprint density at radius 1 is 1.24 bits per heavy atom. The van der Waals surface area contributed by atoms with Crippen LogP contribution < -0.4 is 10.6 Å². The van der Waals surface area contributed by atoms with Crippen LogP contribution in [-0.4, -0.2) is 90.6 Å². The molecular formula is C29H38FN8O7P. The molecule has 2 aromatic heterocycles. The van der Waals surface area contributed by atoms with Crippen LogP contribution in [0.25, 0.3) is 22.2 Å². The van der Waals surface area contributed by atoms with E-state index in [9.17, 15) is 9.36 Å². The minimum Gasteiger partial charge on any atom is -0.379 e. The number of nitriles is 1. The van der Waals surface area contributed by atoms with Gasteiger partial charge < -0.3 is 19.8 Å². The van der Waals surface area contributed by atoms with Crippen molar-refractivity contribution in [3.63, 3.8) is 0 Å². The van der Waals surface area contributed by atoms with Crippen LogP contribution in [0.1, 0.15) is 50.6 Å². The average molecular weight is 661 g/mol. The number of rotatable bonds is 13. The molecule has 0 spiro atoms. The molecule has 3 aromatic rings. The van der Waals surface area contributed by atoms with Gasteiger partial charge in [0.25, 0.3) is 0 Å². The summed E-state index contributed by atoms with van der Waals surface area (Å²) in [4.78, 5) is 30.3. The molecule has 2 unspecified atom stereocenters. The van der Waals surface area contributed by atoms with Gasteiger partial charge in [-0.1, -0.05) is 0 Å². The molecule has 46 heavy (non-hydrogen) atoms. The monoisotopic (exact) mass is 660 g/mol. The molecule has 3 N–H and O–H groups in total. The Balaban J connectivity index is 1.38. The van der Waals surface area contributed by atoms with Crippen LogP contribution >= 0.6 is 7.82 Å². The van der Waals surface area contributed by atoms with E-state index in [0.717, 1.165) is 19.5 Å². The van der Waals surface area contributed by atoms with Crippen LogP contribution in [0.2, 0.25) is 0 Å². The second-order valence-electron chi connectivity index (χ2n) is 11.2. The first kappa shape index (κ1) is 33.8. The highest BCUT2D eigenvalue weighted by molar-refractivity contribution is 7.48. The van der Waals surface area contributed by atoms with Gasteiger partial charge in [-0.3, -0.25) is 23.8 Å². The Morgan fingerprint density at radius 2 is 1.98 bits per heavy atom.